The van der Waals surface area contributed by atoms with Gasteiger partial charge in [0.15, 0.2) is 0 Å². The van der Waals surface area contributed by atoms with Gasteiger partial charge in [0.25, 0.3) is 0 Å². The molecular weight excluding hydrogens is 328 g/mol. The van der Waals surface area contributed by atoms with E-state index in [2.05, 4.69) is 10.6 Å². The molecule has 0 aliphatic heterocycles. The second-order valence-corrected chi connectivity index (χ2v) is 5.61. The molecule has 1 unspecified atom stereocenters. The van der Waals surface area contributed by atoms with Crippen LogP contribution < -0.4 is 20.1 Å². The Morgan fingerprint density at radius 2 is 1.83 bits per heavy atom. The molecule has 6 heteroatoms. The summed E-state index contributed by atoms with van der Waals surface area (Å²) in [4.78, 5) is 12.3. The van der Waals surface area contributed by atoms with Crippen LogP contribution in [0.4, 0.5) is 10.5 Å². The molecule has 0 spiro atoms. The predicted molar refractivity (Wildman–Crippen MR) is 96.2 cm³/mol. The number of nitrogens with one attached hydrogen (secondary N) is 2. The van der Waals surface area contributed by atoms with Crippen LogP contribution in [0.1, 0.15) is 24.9 Å². The van der Waals surface area contributed by atoms with Gasteiger partial charge in [0.05, 0.1) is 25.9 Å². The van der Waals surface area contributed by atoms with Crippen molar-refractivity contribution in [2.75, 3.05) is 19.5 Å². The highest BCUT2D eigenvalue weighted by Gasteiger charge is 2.14. The van der Waals surface area contributed by atoms with E-state index in [0.29, 0.717) is 22.2 Å². The van der Waals surface area contributed by atoms with Crippen LogP contribution in [0.5, 0.6) is 11.5 Å². The highest BCUT2D eigenvalue weighted by atomic mass is 35.5. The fourth-order valence-corrected chi connectivity index (χ4v) is 2.47. The maximum Gasteiger partial charge on any atom is 0.319 e. The summed E-state index contributed by atoms with van der Waals surface area (Å²) < 4.78 is 10.4. The van der Waals surface area contributed by atoms with Crippen LogP contribution in [0.15, 0.2) is 42.5 Å². The molecule has 1 atom stereocenters. The van der Waals surface area contributed by atoms with Crippen LogP contribution in [-0.4, -0.2) is 20.3 Å². The summed E-state index contributed by atoms with van der Waals surface area (Å²) in [7, 11) is 3.12. The molecular formula is C18H21ClN2O3. The minimum Gasteiger partial charge on any atom is -0.497 e. The Labute approximate surface area is 146 Å². The number of halogens is 1. The highest BCUT2D eigenvalue weighted by Crippen LogP contribution is 2.29. The Kier molecular flexibility index (Phi) is 6.32. The Hall–Kier alpha value is -2.40. The molecule has 5 nitrogen and oxygen atoms in total. The van der Waals surface area contributed by atoms with Gasteiger partial charge in [-0.1, -0.05) is 30.7 Å². The summed E-state index contributed by atoms with van der Waals surface area (Å²) in [5, 5.41) is 6.42. The molecule has 2 aromatic carbocycles. The molecule has 0 bridgehead atoms. The van der Waals surface area contributed by atoms with Crippen molar-refractivity contribution >= 4 is 23.3 Å². The summed E-state index contributed by atoms with van der Waals surface area (Å²) in [5.74, 6) is 1.20. The molecule has 0 saturated heterocycles. The number of carbonyl (C=O) groups is 1. The van der Waals surface area contributed by atoms with Crippen molar-refractivity contribution in [3.05, 3.63) is 53.1 Å². The number of methoxy groups -OCH3 is 2. The molecule has 2 aromatic rings. The van der Waals surface area contributed by atoms with E-state index >= 15 is 0 Å². The molecule has 2 N–H and O–H groups in total. The second kappa shape index (κ2) is 8.45. The summed E-state index contributed by atoms with van der Waals surface area (Å²) >= 11 is 5.91. The standard InChI is InChI=1S/C18H21ClN2O3/c1-4-15(12-5-7-13(19)8-6-12)20-18(22)21-16-11-14(23-2)9-10-17(16)24-3/h5-11,15H,4H2,1-3H3,(H2,20,21,22). The minimum absolute atomic E-state index is 0.112. The van der Waals surface area contributed by atoms with Gasteiger partial charge >= 0.3 is 6.03 Å². The third kappa shape index (κ3) is 4.55. The van der Waals surface area contributed by atoms with E-state index < -0.39 is 0 Å². The van der Waals surface area contributed by atoms with Crippen molar-refractivity contribution in [1.82, 2.24) is 5.32 Å². The lowest BCUT2D eigenvalue weighted by Crippen LogP contribution is -2.32. The van der Waals surface area contributed by atoms with E-state index in [1.54, 1.807) is 32.4 Å². The Bertz CT molecular complexity index is 689. The molecule has 0 saturated carbocycles. The number of amides is 2. The second-order valence-electron chi connectivity index (χ2n) is 5.18. The van der Waals surface area contributed by atoms with Crippen molar-refractivity contribution in [2.45, 2.75) is 19.4 Å². The predicted octanol–water partition coefficient (Wildman–Crippen LogP) is 4.63. The van der Waals surface area contributed by atoms with Gasteiger partial charge in [-0.25, -0.2) is 4.79 Å². The summed E-state index contributed by atoms with van der Waals surface area (Å²) in [5.41, 5.74) is 1.54. The Morgan fingerprint density at radius 1 is 1.12 bits per heavy atom. The van der Waals surface area contributed by atoms with Gasteiger partial charge in [-0.05, 0) is 36.2 Å². The first-order valence-corrected chi connectivity index (χ1v) is 8.00. The Balaban J connectivity index is 2.10. The zero-order chi connectivity index (χ0) is 17.5. The molecule has 2 amide bonds. The summed E-state index contributed by atoms with van der Waals surface area (Å²) in [6.07, 6.45) is 0.754. The average Bonchev–Trinajstić information content (AvgIpc) is 2.60. The first-order chi connectivity index (χ1) is 11.6. The number of urea groups is 1. The number of benzene rings is 2. The van der Waals surface area contributed by atoms with Crippen molar-refractivity contribution < 1.29 is 14.3 Å². The fraction of sp³-hybridized carbons (Fsp3) is 0.278. The first-order valence-electron chi connectivity index (χ1n) is 7.62. The number of anilines is 1. The van der Waals surface area contributed by atoms with Gasteiger partial charge in [-0.15, -0.1) is 0 Å². The minimum atomic E-state index is -0.316. The molecule has 0 aromatic heterocycles. The smallest absolute Gasteiger partial charge is 0.319 e. The first kappa shape index (κ1) is 17.9. The molecule has 0 radical (unpaired) electrons. The molecule has 0 aliphatic carbocycles. The van der Waals surface area contributed by atoms with Crippen LogP contribution in [0.2, 0.25) is 5.02 Å². The molecule has 0 heterocycles. The van der Waals surface area contributed by atoms with Crippen molar-refractivity contribution in [3.63, 3.8) is 0 Å². The lowest BCUT2D eigenvalue weighted by molar-refractivity contribution is 0.248. The van der Waals surface area contributed by atoms with Crippen LogP contribution in [0, 0.1) is 0 Å². The number of ether oxygens (including phenoxy) is 2. The van der Waals surface area contributed by atoms with Crippen molar-refractivity contribution in [1.29, 1.82) is 0 Å². The van der Waals surface area contributed by atoms with Crippen LogP contribution in [0.25, 0.3) is 0 Å². The van der Waals surface area contributed by atoms with E-state index in [1.165, 1.54) is 0 Å². The van der Waals surface area contributed by atoms with Gasteiger partial charge in [0.1, 0.15) is 11.5 Å². The Morgan fingerprint density at radius 3 is 2.42 bits per heavy atom. The number of rotatable bonds is 6. The van der Waals surface area contributed by atoms with Crippen LogP contribution >= 0.6 is 11.6 Å². The quantitative estimate of drug-likeness (QED) is 0.800. The lowest BCUT2D eigenvalue weighted by Gasteiger charge is -2.19. The van der Waals surface area contributed by atoms with Gasteiger partial charge in [0.2, 0.25) is 0 Å². The molecule has 24 heavy (non-hydrogen) atoms. The molecule has 2 rings (SSSR count). The third-order valence-electron chi connectivity index (χ3n) is 3.64. The van der Waals surface area contributed by atoms with E-state index in [1.807, 2.05) is 31.2 Å². The normalized spacial score (nSPS) is 11.5. The number of hydrogen-bond acceptors (Lipinski definition) is 3. The molecule has 0 fully saturated rings. The lowest BCUT2D eigenvalue weighted by atomic mass is 10.1. The molecule has 0 aliphatic rings. The number of carbonyl (C=O) groups excluding carboxylic acids is 1. The monoisotopic (exact) mass is 348 g/mol. The van der Waals surface area contributed by atoms with Gasteiger partial charge in [-0.3, -0.25) is 0 Å². The van der Waals surface area contributed by atoms with Gasteiger partial charge in [0, 0.05) is 11.1 Å². The van der Waals surface area contributed by atoms with E-state index in [0.717, 1.165) is 12.0 Å². The maximum absolute atomic E-state index is 12.3. The van der Waals surface area contributed by atoms with E-state index in [4.69, 9.17) is 21.1 Å². The van der Waals surface area contributed by atoms with Crippen LogP contribution in [0.3, 0.4) is 0 Å². The highest BCUT2D eigenvalue weighted by molar-refractivity contribution is 6.30. The van der Waals surface area contributed by atoms with Gasteiger partial charge in [-0.2, -0.15) is 0 Å². The zero-order valence-electron chi connectivity index (χ0n) is 13.9. The SMILES string of the molecule is CCC(NC(=O)Nc1cc(OC)ccc1OC)c1ccc(Cl)cc1. The van der Waals surface area contributed by atoms with E-state index in [9.17, 15) is 4.79 Å². The van der Waals surface area contributed by atoms with Crippen molar-refractivity contribution in [2.24, 2.45) is 0 Å². The van der Waals surface area contributed by atoms with Crippen molar-refractivity contribution in [3.8, 4) is 11.5 Å². The fourth-order valence-electron chi connectivity index (χ4n) is 2.34. The maximum atomic E-state index is 12.3. The van der Waals surface area contributed by atoms with Gasteiger partial charge < -0.3 is 20.1 Å². The van der Waals surface area contributed by atoms with Crippen LogP contribution in [-0.2, 0) is 0 Å². The zero-order valence-corrected chi connectivity index (χ0v) is 14.7. The number of hydrogen-bond donors (Lipinski definition) is 2. The van der Waals surface area contributed by atoms with E-state index in [-0.39, 0.29) is 12.1 Å². The molecule has 128 valence electrons. The average molecular weight is 349 g/mol. The summed E-state index contributed by atoms with van der Waals surface area (Å²) in [6.45, 7) is 2.01. The largest absolute Gasteiger partial charge is 0.497 e. The summed E-state index contributed by atoms with van der Waals surface area (Å²) in [6, 6.07) is 12.2. The third-order valence-corrected chi connectivity index (χ3v) is 3.89. The topological polar surface area (TPSA) is 59.6 Å².